The van der Waals surface area contributed by atoms with E-state index in [1.807, 2.05) is 30.3 Å². The summed E-state index contributed by atoms with van der Waals surface area (Å²) in [6.45, 7) is 0.115. The predicted octanol–water partition coefficient (Wildman–Crippen LogP) is 3.29. The molecule has 148 valence electrons. The Morgan fingerprint density at radius 1 is 1.04 bits per heavy atom. The maximum Gasteiger partial charge on any atom is 0.573 e. The van der Waals surface area contributed by atoms with Gasteiger partial charge in [-0.1, -0.05) is 18.2 Å². The SMILES string of the molecule is O=S(=O)(NCCc1cnn(-c2ccccc2)c1)c1ccc(OC(F)(F)F)cc1. The van der Waals surface area contributed by atoms with E-state index < -0.39 is 22.1 Å². The maximum atomic E-state index is 12.3. The summed E-state index contributed by atoms with van der Waals surface area (Å²) in [5.41, 5.74) is 1.72. The Balaban J connectivity index is 1.57. The highest BCUT2D eigenvalue weighted by Gasteiger charge is 2.31. The number of sulfonamides is 1. The van der Waals surface area contributed by atoms with Gasteiger partial charge in [0.05, 0.1) is 16.8 Å². The molecule has 0 spiro atoms. The fraction of sp³-hybridized carbons (Fsp3) is 0.167. The van der Waals surface area contributed by atoms with Gasteiger partial charge in [0.25, 0.3) is 0 Å². The minimum absolute atomic E-state index is 0.115. The van der Waals surface area contributed by atoms with Crippen molar-refractivity contribution in [3.63, 3.8) is 0 Å². The van der Waals surface area contributed by atoms with Crippen LogP contribution in [0.5, 0.6) is 5.75 Å². The lowest BCUT2D eigenvalue weighted by Crippen LogP contribution is -2.26. The third-order valence-corrected chi connectivity index (χ3v) is 5.21. The topological polar surface area (TPSA) is 73.2 Å². The average molecular weight is 411 g/mol. The number of ether oxygens (including phenoxy) is 1. The lowest BCUT2D eigenvalue weighted by molar-refractivity contribution is -0.274. The number of hydrogen-bond acceptors (Lipinski definition) is 4. The minimum Gasteiger partial charge on any atom is -0.406 e. The first kappa shape index (κ1) is 19.9. The summed E-state index contributed by atoms with van der Waals surface area (Å²) in [6.07, 6.45) is -0.984. The normalized spacial score (nSPS) is 12.1. The lowest BCUT2D eigenvalue weighted by Gasteiger charge is -2.10. The summed E-state index contributed by atoms with van der Waals surface area (Å²) in [4.78, 5) is -0.151. The molecule has 0 aliphatic carbocycles. The lowest BCUT2D eigenvalue weighted by atomic mass is 10.2. The summed E-state index contributed by atoms with van der Waals surface area (Å²) < 4.78 is 68.8. The standard InChI is InChI=1S/C18H16F3N3O3S/c19-18(20,21)27-16-6-8-17(9-7-16)28(25,26)23-11-10-14-12-22-24(13-14)15-4-2-1-3-5-15/h1-9,12-13,23H,10-11H2. The van der Waals surface area contributed by atoms with Gasteiger partial charge in [-0.2, -0.15) is 5.10 Å². The molecule has 0 saturated heterocycles. The number of alkyl halides is 3. The fourth-order valence-corrected chi connectivity index (χ4v) is 3.48. The third-order valence-electron chi connectivity index (χ3n) is 3.73. The molecule has 0 unspecified atom stereocenters. The van der Waals surface area contributed by atoms with E-state index in [2.05, 4.69) is 14.6 Å². The molecule has 0 amide bonds. The van der Waals surface area contributed by atoms with Gasteiger partial charge in [-0.05, 0) is 48.4 Å². The molecule has 1 N–H and O–H groups in total. The van der Waals surface area contributed by atoms with Crippen LogP contribution in [0.25, 0.3) is 5.69 Å². The van der Waals surface area contributed by atoms with Crippen LogP contribution in [0.2, 0.25) is 0 Å². The molecular weight excluding hydrogens is 395 g/mol. The van der Waals surface area contributed by atoms with Crippen molar-refractivity contribution >= 4 is 10.0 Å². The predicted molar refractivity (Wildman–Crippen MR) is 95.6 cm³/mol. The van der Waals surface area contributed by atoms with Gasteiger partial charge in [-0.3, -0.25) is 0 Å². The van der Waals surface area contributed by atoms with Crippen molar-refractivity contribution in [1.82, 2.24) is 14.5 Å². The molecule has 1 heterocycles. The van der Waals surface area contributed by atoms with Gasteiger partial charge in [-0.25, -0.2) is 17.8 Å². The highest BCUT2D eigenvalue weighted by atomic mass is 32.2. The van der Waals surface area contributed by atoms with Gasteiger partial charge in [0.1, 0.15) is 5.75 Å². The number of para-hydroxylation sites is 1. The molecule has 2 aromatic carbocycles. The summed E-state index contributed by atoms with van der Waals surface area (Å²) in [5, 5.41) is 4.23. The zero-order valence-corrected chi connectivity index (χ0v) is 15.2. The molecule has 3 rings (SSSR count). The monoisotopic (exact) mass is 411 g/mol. The molecule has 3 aromatic rings. The highest BCUT2D eigenvalue weighted by molar-refractivity contribution is 7.89. The Morgan fingerprint density at radius 2 is 1.71 bits per heavy atom. The summed E-state index contributed by atoms with van der Waals surface area (Å²) in [6, 6.07) is 13.5. The van der Waals surface area contributed by atoms with Gasteiger partial charge in [0.15, 0.2) is 0 Å². The molecule has 0 aliphatic heterocycles. The molecule has 10 heteroatoms. The molecule has 0 aliphatic rings. The highest BCUT2D eigenvalue weighted by Crippen LogP contribution is 2.23. The number of halogens is 3. The zero-order chi connectivity index (χ0) is 20.2. The first-order valence-electron chi connectivity index (χ1n) is 8.17. The van der Waals surface area contributed by atoms with Crippen LogP contribution >= 0.6 is 0 Å². The number of benzene rings is 2. The van der Waals surface area contributed by atoms with Gasteiger partial charge < -0.3 is 4.74 Å². The summed E-state index contributed by atoms with van der Waals surface area (Å²) in [7, 11) is -3.85. The van der Waals surface area contributed by atoms with Gasteiger partial charge in [0.2, 0.25) is 10.0 Å². The van der Waals surface area contributed by atoms with Crippen molar-refractivity contribution in [3.8, 4) is 11.4 Å². The molecule has 0 radical (unpaired) electrons. The Hall–Kier alpha value is -2.85. The van der Waals surface area contributed by atoms with E-state index in [0.717, 1.165) is 35.5 Å². The van der Waals surface area contributed by atoms with E-state index in [1.54, 1.807) is 17.1 Å². The molecule has 0 saturated carbocycles. The van der Waals surface area contributed by atoms with E-state index in [9.17, 15) is 21.6 Å². The molecule has 0 fully saturated rings. The summed E-state index contributed by atoms with van der Waals surface area (Å²) >= 11 is 0. The van der Waals surface area contributed by atoms with Crippen LogP contribution in [0.15, 0.2) is 71.9 Å². The second-order valence-corrected chi connectivity index (χ2v) is 7.56. The molecular formula is C18H16F3N3O3S. The third kappa shape index (κ3) is 5.33. The van der Waals surface area contributed by atoms with E-state index in [1.165, 1.54) is 0 Å². The van der Waals surface area contributed by atoms with Crippen molar-refractivity contribution in [2.75, 3.05) is 6.54 Å². The molecule has 28 heavy (non-hydrogen) atoms. The second kappa shape index (κ2) is 8.03. The van der Waals surface area contributed by atoms with Crippen LogP contribution in [0.1, 0.15) is 5.56 Å². The number of aromatic nitrogens is 2. The minimum atomic E-state index is -4.83. The molecule has 1 aromatic heterocycles. The number of hydrogen-bond donors (Lipinski definition) is 1. The summed E-state index contributed by atoms with van der Waals surface area (Å²) in [5.74, 6) is -0.486. The van der Waals surface area contributed by atoms with Crippen molar-refractivity contribution in [3.05, 3.63) is 72.6 Å². The van der Waals surface area contributed by atoms with E-state index >= 15 is 0 Å². The first-order valence-corrected chi connectivity index (χ1v) is 9.66. The Bertz CT molecular complexity index is 1020. The Kier molecular flexibility index (Phi) is 5.71. The van der Waals surface area contributed by atoms with Crippen LogP contribution in [0.4, 0.5) is 13.2 Å². The zero-order valence-electron chi connectivity index (χ0n) is 14.4. The van der Waals surface area contributed by atoms with Gasteiger partial charge in [-0.15, -0.1) is 13.2 Å². The molecule has 6 nitrogen and oxygen atoms in total. The van der Waals surface area contributed by atoms with Crippen molar-refractivity contribution in [2.45, 2.75) is 17.7 Å². The fourth-order valence-electron chi connectivity index (χ4n) is 2.44. The van der Waals surface area contributed by atoms with Crippen molar-refractivity contribution in [2.24, 2.45) is 0 Å². The van der Waals surface area contributed by atoms with Crippen LogP contribution < -0.4 is 9.46 Å². The van der Waals surface area contributed by atoms with E-state index in [-0.39, 0.29) is 11.4 Å². The van der Waals surface area contributed by atoms with Crippen LogP contribution in [-0.4, -0.2) is 31.1 Å². The second-order valence-electron chi connectivity index (χ2n) is 5.80. The quantitative estimate of drug-likeness (QED) is 0.648. The van der Waals surface area contributed by atoms with Crippen molar-refractivity contribution < 1.29 is 26.3 Å². The molecule has 0 atom stereocenters. The van der Waals surface area contributed by atoms with Crippen molar-refractivity contribution in [1.29, 1.82) is 0 Å². The number of nitrogens with zero attached hydrogens (tertiary/aromatic N) is 2. The van der Waals surface area contributed by atoms with Gasteiger partial charge in [0, 0.05) is 12.7 Å². The van der Waals surface area contributed by atoms with E-state index in [4.69, 9.17) is 0 Å². The number of rotatable bonds is 7. The van der Waals surface area contributed by atoms with E-state index in [0.29, 0.717) is 6.42 Å². The Labute approximate surface area is 159 Å². The largest absolute Gasteiger partial charge is 0.573 e. The van der Waals surface area contributed by atoms with Crippen LogP contribution in [-0.2, 0) is 16.4 Å². The Morgan fingerprint density at radius 3 is 2.36 bits per heavy atom. The first-order chi connectivity index (χ1) is 13.2. The average Bonchev–Trinajstić information content (AvgIpc) is 3.10. The van der Waals surface area contributed by atoms with Crippen LogP contribution in [0.3, 0.4) is 0 Å². The van der Waals surface area contributed by atoms with Gasteiger partial charge >= 0.3 is 6.36 Å². The van der Waals surface area contributed by atoms with Crippen LogP contribution in [0, 0.1) is 0 Å². The maximum absolute atomic E-state index is 12.3. The molecule has 0 bridgehead atoms. The smallest absolute Gasteiger partial charge is 0.406 e. The number of nitrogens with one attached hydrogen (secondary N) is 1.